The van der Waals surface area contributed by atoms with Crippen molar-refractivity contribution < 1.29 is 0 Å². The van der Waals surface area contributed by atoms with Gasteiger partial charge in [-0.05, 0) is 51.7 Å². The largest absolute Gasteiger partial charge is 0.354 e. The number of hydrogen-bond acceptors (Lipinski definition) is 7. The van der Waals surface area contributed by atoms with Gasteiger partial charge in [0.25, 0.3) is 5.56 Å². The second-order valence-corrected chi connectivity index (χ2v) is 8.75. The van der Waals surface area contributed by atoms with E-state index in [1.807, 2.05) is 19.9 Å². The van der Waals surface area contributed by atoms with E-state index in [0.717, 1.165) is 62.8 Å². The van der Waals surface area contributed by atoms with Gasteiger partial charge >= 0.3 is 0 Å². The number of hydrogen-bond donors (Lipinski definition) is 0. The van der Waals surface area contributed by atoms with Crippen molar-refractivity contribution in [3.05, 3.63) is 57.5 Å². The molecule has 1 aliphatic carbocycles. The average molecular weight is 435 g/mol. The van der Waals surface area contributed by atoms with Crippen LogP contribution in [-0.2, 0) is 19.4 Å². The Hall–Kier alpha value is -3.07. The molecule has 0 aromatic carbocycles. The highest BCUT2D eigenvalue weighted by molar-refractivity contribution is 5.50. The zero-order valence-corrected chi connectivity index (χ0v) is 18.9. The zero-order chi connectivity index (χ0) is 22.1. The minimum atomic E-state index is -0.0819. The van der Waals surface area contributed by atoms with Gasteiger partial charge in [0.05, 0.1) is 12.2 Å². The molecule has 0 saturated carbocycles. The summed E-state index contributed by atoms with van der Waals surface area (Å²) in [6.07, 6.45) is 6.34. The van der Waals surface area contributed by atoms with Gasteiger partial charge in [-0.15, -0.1) is 5.10 Å². The molecule has 9 nitrogen and oxygen atoms in total. The fourth-order valence-electron chi connectivity index (χ4n) is 4.77. The molecule has 9 heteroatoms. The topological polar surface area (TPSA) is 85.0 Å². The molecule has 3 aromatic heterocycles. The van der Waals surface area contributed by atoms with E-state index in [4.69, 9.17) is 0 Å². The van der Waals surface area contributed by atoms with Crippen LogP contribution in [0.25, 0.3) is 5.82 Å². The monoisotopic (exact) mass is 434 g/mol. The maximum atomic E-state index is 12.4. The van der Waals surface area contributed by atoms with Gasteiger partial charge < -0.3 is 4.90 Å². The van der Waals surface area contributed by atoms with Crippen molar-refractivity contribution in [2.24, 2.45) is 0 Å². The smallest absolute Gasteiger partial charge is 0.266 e. The van der Waals surface area contributed by atoms with E-state index in [2.05, 4.69) is 30.0 Å². The summed E-state index contributed by atoms with van der Waals surface area (Å²) in [7, 11) is 0. The number of aryl methyl sites for hydroxylation is 3. The van der Waals surface area contributed by atoms with Gasteiger partial charge in [0, 0.05) is 55.7 Å². The molecule has 0 atom stereocenters. The second kappa shape index (κ2) is 8.82. The molecule has 1 fully saturated rings. The third-order valence-electron chi connectivity index (χ3n) is 6.48. The summed E-state index contributed by atoms with van der Waals surface area (Å²) in [5, 5.41) is 9.04. The highest BCUT2D eigenvalue weighted by Crippen LogP contribution is 2.27. The van der Waals surface area contributed by atoms with Gasteiger partial charge in [-0.3, -0.25) is 9.69 Å². The lowest BCUT2D eigenvalue weighted by Gasteiger charge is -2.36. The molecule has 168 valence electrons. The van der Waals surface area contributed by atoms with Crippen molar-refractivity contribution in [3.63, 3.8) is 0 Å². The standard InChI is InChI=1S/C23H30N8O/c1-17-15-18(2)31(26-17)21-7-8-22(32)30(27-21)14-11-28-9-12-29(13-10-28)23-19-5-3-4-6-20(19)24-16-25-23/h7-8,15-16H,3-6,9-14H2,1-2H3. The van der Waals surface area contributed by atoms with E-state index < -0.39 is 0 Å². The van der Waals surface area contributed by atoms with E-state index in [1.54, 1.807) is 27.8 Å². The first kappa shape index (κ1) is 20.8. The Labute approximate surface area is 187 Å². The average Bonchev–Trinajstić information content (AvgIpc) is 3.16. The summed E-state index contributed by atoms with van der Waals surface area (Å²) < 4.78 is 3.34. The van der Waals surface area contributed by atoms with Crippen molar-refractivity contribution in [2.45, 2.75) is 46.1 Å². The van der Waals surface area contributed by atoms with Gasteiger partial charge in [-0.2, -0.15) is 5.10 Å². The third-order valence-corrected chi connectivity index (χ3v) is 6.48. The van der Waals surface area contributed by atoms with E-state index in [-0.39, 0.29) is 5.56 Å². The number of piperazine rings is 1. The SMILES string of the molecule is Cc1cc(C)n(-c2ccc(=O)n(CCN3CCN(c4ncnc5c4CCCC5)CC3)n2)n1. The minimum Gasteiger partial charge on any atom is -0.354 e. The van der Waals surface area contributed by atoms with Gasteiger partial charge in [0.1, 0.15) is 12.1 Å². The summed E-state index contributed by atoms with van der Waals surface area (Å²) in [5.74, 6) is 1.80. The van der Waals surface area contributed by atoms with Gasteiger partial charge in [0.2, 0.25) is 0 Å². The number of nitrogens with zero attached hydrogens (tertiary/aromatic N) is 8. The van der Waals surface area contributed by atoms with E-state index in [9.17, 15) is 4.79 Å². The van der Waals surface area contributed by atoms with Crippen molar-refractivity contribution in [3.8, 4) is 5.82 Å². The lowest BCUT2D eigenvalue weighted by atomic mass is 9.96. The summed E-state index contributed by atoms with van der Waals surface area (Å²) in [4.78, 5) is 26.3. The molecule has 2 aliphatic rings. The maximum Gasteiger partial charge on any atom is 0.266 e. The molecule has 32 heavy (non-hydrogen) atoms. The molecule has 1 saturated heterocycles. The van der Waals surface area contributed by atoms with E-state index in [0.29, 0.717) is 12.4 Å². The molecule has 0 spiro atoms. The molecule has 4 heterocycles. The molecule has 0 unspecified atom stereocenters. The van der Waals surface area contributed by atoms with Crippen LogP contribution in [0.2, 0.25) is 0 Å². The molecule has 3 aromatic rings. The number of fused-ring (bicyclic) bond motifs is 1. The van der Waals surface area contributed by atoms with Crippen LogP contribution in [0, 0.1) is 13.8 Å². The highest BCUT2D eigenvalue weighted by Gasteiger charge is 2.23. The van der Waals surface area contributed by atoms with Crippen LogP contribution in [0.15, 0.2) is 29.3 Å². The fraction of sp³-hybridized carbons (Fsp3) is 0.522. The van der Waals surface area contributed by atoms with Crippen molar-refractivity contribution >= 4 is 5.82 Å². The van der Waals surface area contributed by atoms with Crippen LogP contribution >= 0.6 is 0 Å². The maximum absolute atomic E-state index is 12.4. The summed E-state index contributed by atoms with van der Waals surface area (Å²) in [6, 6.07) is 5.32. The van der Waals surface area contributed by atoms with E-state index in [1.165, 1.54) is 24.1 Å². The Balaban J connectivity index is 1.22. The quantitative estimate of drug-likeness (QED) is 0.602. The Kier molecular flexibility index (Phi) is 5.73. The Bertz CT molecular complexity index is 1160. The van der Waals surface area contributed by atoms with Crippen molar-refractivity contribution in [1.29, 1.82) is 0 Å². The van der Waals surface area contributed by atoms with Crippen LogP contribution in [0.4, 0.5) is 5.82 Å². The summed E-state index contributed by atoms with van der Waals surface area (Å²) >= 11 is 0. The van der Waals surface area contributed by atoms with Crippen LogP contribution in [0.3, 0.4) is 0 Å². The third kappa shape index (κ3) is 4.17. The van der Waals surface area contributed by atoms with Gasteiger partial charge in [-0.25, -0.2) is 19.3 Å². The predicted molar refractivity (Wildman–Crippen MR) is 122 cm³/mol. The molecule has 0 radical (unpaired) electrons. The Morgan fingerprint density at radius 1 is 0.938 bits per heavy atom. The Morgan fingerprint density at radius 3 is 2.53 bits per heavy atom. The molecule has 0 bridgehead atoms. The number of rotatable bonds is 5. The van der Waals surface area contributed by atoms with Crippen molar-refractivity contribution in [2.75, 3.05) is 37.6 Å². The number of aromatic nitrogens is 6. The molecule has 5 rings (SSSR count). The lowest BCUT2D eigenvalue weighted by Crippen LogP contribution is -2.48. The van der Waals surface area contributed by atoms with E-state index >= 15 is 0 Å². The van der Waals surface area contributed by atoms with Crippen molar-refractivity contribution in [1.82, 2.24) is 34.4 Å². The minimum absolute atomic E-state index is 0.0819. The normalized spacial score (nSPS) is 16.9. The number of anilines is 1. The molecule has 0 amide bonds. The van der Waals surface area contributed by atoms with Gasteiger partial charge in [-0.1, -0.05) is 0 Å². The van der Waals surface area contributed by atoms with Crippen LogP contribution in [0.1, 0.15) is 35.5 Å². The summed E-state index contributed by atoms with van der Waals surface area (Å²) in [6.45, 7) is 9.09. The molecule has 1 aliphatic heterocycles. The van der Waals surface area contributed by atoms with Crippen LogP contribution in [0.5, 0.6) is 0 Å². The summed E-state index contributed by atoms with van der Waals surface area (Å²) in [5.41, 5.74) is 4.44. The predicted octanol–water partition coefficient (Wildman–Crippen LogP) is 1.54. The first-order valence-corrected chi connectivity index (χ1v) is 11.5. The zero-order valence-electron chi connectivity index (χ0n) is 18.9. The first-order chi connectivity index (χ1) is 15.6. The van der Waals surface area contributed by atoms with Crippen LogP contribution < -0.4 is 10.5 Å². The molecular formula is C23H30N8O. The molecular weight excluding hydrogens is 404 g/mol. The lowest BCUT2D eigenvalue weighted by molar-refractivity contribution is 0.242. The second-order valence-electron chi connectivity index (χ2n) is 8.75. The first-order valence-electron chi connectivity index (χ1n) is 11.5. The van der Waals surface area contributed by atoms with Gasteiger partial charge in [0.15, 0.2) is 5.82 Å². The Morgan fingerprint density at radius 2 is 1.75 bits per heavy atom. The van der Waals surface area contributed by atoms with Crippen LogP contribution in [-0.4, -0.2) is 67.2 Å². The fourth-order valence-corrected chi connectivity index (χ4v) is 4.77. The highest BCUT2D eigenvalue weighted by atomic mass is 16.1. The molecule has 0 N–H and O–H groups in total.